The molecule has 2 heterocycles. The SMILES string of the molecule is CCCn1c(=O)oc2cccc(N3CCNCC3)c21. The molecular weight excluding hydrogens is 242 g/mol. The van der Waals surface area contributed by atoms with Gasteiger partial charge in [0.1, 0.15) is 5.52 Å². The Kier molecular flexibility index (Phi) is 3.29. The molecule has 1 N–H and O–H groups in total. The van der Waals surface area contributed by atoms with Gasteiger partial charge in [0, 0.05) is 32.7 Å². The molecule has 0 spiro atoms. The highest BCUT2D eigenvalue weighted by molar-refractivity contribution is 5.87. The van der Waals surface area contributed by atoms with Crippen LogP contribution < -0.4 is 16.0 Å². The molecular formula is C14H19N3O2. The lowest BCUT2D eigenvalue weighted by Crippen LogP contribution is -2.43. The van der Waals surface area contributed by atoms with Crippen molar-refractivity contribution in [2.75, 3.05) is 31.1 Å². The van der Waals surface area contributed by atoms with Crippen molar-refractivity contribution in [2.45, 2.75) is 19.9 Å². The number of hydrogen-bond donors (Lipinski definition) is 1. The van der Waals surface area contributed by atoms with Crippen LogP contribution in [0, 0.1) is 0 Å². The van der Waals surface area contributed by atoms with Crippen molar-refractivity contribution in [1.29, 1.82) is 0 Å². The van der Waals surface area contributed by atoms with Crippen molar-refractivity contribution < 1.29 is 4.42 Å². The van der Waals surface area contributed by atoms with Crippen molar-refractivity contribution in [1.82, 2.24) is 9.88 Å². The molecule has 1 saturated heterocycles. The van der Waals surface area contributed by atoms with Crippen molar-refractivity contribution in [3.63, 3.8) is 0 Å². The molecule has 5 nitrogen and oxygen atoms in total. The van der Waals surface area contributed by atoms with Gasteiger partial charge in [0.15, 0.2) is 5.58 Å². The Hall–Kier alpha value is -1.75. The van der Waals surface area contributed by atoms with Crippen LogP contribution in [0.5, 0.6) is 0 Å². The van der Waals surface area contributed by atoms with Crippen LogP contribution in [0.15, 0.2) is 27.4 Å². The molecule has 0 radical (unpaired) electrons. The second-order valence-electron chi connectivity index (χ2n) is 4.88. The fourth-order valence-electron chi connectivity index (χ4n) is 2.69. The Morgan fingerprint density at radius 3 is 2.84 bits per heavy atom. The number of hydrogen-bond acceptors (Lipinski definition) is 4. The fourth-order valence-corrected chi connectivity index (χ4v) is 2.69. The van der Waals surface area contributed by atoms with E-state index in [1.807, 2.05) is 12.1 Å². The molecule has 2 aromatic rings. The third kappa shape index (κ3) is 2.14. The van der Waals surface area contributed by atoms with Gasteiger partial charge >= 0.3 is 5.76 Å². The maximum atomic E-state index is 11.9. The first kappa shape index (κ1) is 12.3. The summed E-state index contributed by atoms with van der Waals surface area (Å²) in [6, 6.07) is 5.91. The highest BCUT2D eigenvalue weighted by Crippen LogP contribution is 2.26. The van der Waals surface area contributed by atoms with Crippen molar-refractivity contribution in [3.8, 4) is 0 Å². The molecule has 1 aromatic heterocycles. The van der Waals surface area contributed by atoms with Crippen molar-refractivity contribution in [3.05, 3.63) is 28.7 Å². The van der Waals surface area contributed by atoms with Gasteiger partial charge in [0.05, 0.1) is 5.69 Å². The molecule has 1 fully saturated rings. The van der Waals surface area contributed by atoms with Gasteiger partial charge in [-0.2, -0.15) is 0 Å². The molecule has 1 aliphatic rings. The number of nitrogens with zero attached hydrogens (tertiary/aromatic N) is 2. The fraction of sp³-hybridized carbons (Fsp3) is 0.500. The van der Waals surface area contributed by atoms with E-state index >= 15 is 0 Å². The van der Waals surface area contributed by atoms with Gasteiger partial charge in [0.2, 0.25) is 0 Å². The molecule has 19 heavy (non-hydrogen) atoms. The van der Waals surface area contributed by atoms with Gasteiger partial charge < -0.3 is 14.6 Å². The van der Waals surface area contributed by atoms with Crippen LogP contribution in [-0.4, -0.2) is 30.7 Å². The monoisotopic (exact) mass is 261 g/mol. The van der Waals surface area contributed by atoms with Crippen LogP contribution in [0.4, 0.5) is 5.69 Å². The number of para-hydroxylation sites is 1. The Labute approximate surface area is 111 Å². The number of oxazole rings is 1. The van der Waals surface area contributed by atoms with E-state index < -0.39 is 0 Å². The van der Waals surface area contributed by atoms with Gasteiger partial charge in [-0.25, -0.2) is 4.79 Å². The first-order chi connectivity index (χ1) is 9.31. The number of anilines is 1. The summed E-state index contributed by atoms with van der Waals surface area (Å²) in [7, 11) is 0. The Morgan fingerprint density at radius 1 is 1.32 bits per heavy atom. The Morgan fingerprint density at radius 2 is 2.11 bits per heavy atom. The van der Waals surface area contributed by atoms with Gasteiger partial charge in [-0.15, -0.1) is 0 Å². The van der Waals surface area contributed by atoms with Crippen LogP contribution in [0.25, 0.3) is 11.1 Å². The smallest absolute Gasteiger partial charge is 0.408 e. The number of piperazine rings is 1. The number of fused-ring (bicyclic) bond motifs is 1. The standard InChI is InChI=1S/C14H19N3O2/c1-2-8-17-13-11(16-9-6-15-7-10-16)4-3-5-12(13)19-14(17)18/h3-5,15H,2,6-10H2,1H3. The summed E-state index contributed by atoms with van der Waals surface area (Å²) in [5.74, 6) is -0.251. The maximum Gasteiger partial charge on any atom is 0.420 e. The van der Waals surface area contributed by atoms with E-state index in [1.54, 1.807) is 4.57 Å². The summed E-state index contributed by atoms with van der Waals surface area (Å²) >= 11 is 0. The summed E-state index contributed by atoms with van der Waals surface area (Å²) in [4.78, 5) is 14.2. The lowest BCUT2D eigenvalue weighted by Gasteiger charge is -2.30. The molecule has 0 unspecified atom stereocenters. The van der Waals surface area contributed by atoms with Crippen molar-refractivity contribution >= 4 is 16.8 Å². The Balaban J connectivity index is 2.14. The first-order valence-electron chi connectivity index (χ1n) is 6.89. The molecule has 0 aliphatic carbocycles. The Bertz CT molecular complexity index is 623. The quantitative estimate of drug-likeness (QED) is 0.907. The summed E-state index contributed by atoms with van der Waals surface area (Å²) in [6.45, 7) is 6.65. The van der Waals surface area contributed by atoms with Crippen LogP contribution >= 0.6 is 0 Å². The van der Waals surface area contributed by atoms with Crippen LogP contribution in [0.3, 0.4) is 0 Å². The summed E-state index contributed by atoms with van der Waals surface area (Å²) in [5.41, 5.74) is 2.74. The summed E-state index contributed by atoms with van der Waals surface area (Å²) in [5, 5.41) is 3.34. The average molecular weight is 261 g/mol. The number of rotatable bonds is 3. The highest BCUT2D eigenvalue weighted by Gasteiger charge is 2.18. The van der Waals surface area contributed by atoms with Gasteiger partial charge in [-0.3, -0.25) is 4.57 Å². The molecule has 0 saturated carbocycles. The normalized spacial score (nSPS) is 16.2. The van der Waals surface area contributed by atoms with Gasteiger partial charge in [-0.05, 0) is 18.6 Å². The summed E-state index contributed by atoms with van der Waals surface area (Å²) in [6.07, 6.45) is 0.921. The van der Waals surface area contributed by atoms with E-state index in [0.29, 0.717) is 12.1 Å². The zero-order valence-electron chi connectivity index (χ0n) is 11.2. The average Bonchev–Trinajstić information content (AvgIpc) is 2.76. The van der Waals surface area contributed by atoms with E-state index in [-0.39, 0.29) is 5.76 Å². The van der Waals surface area contributed by atoms with Crippen LogP contribution in [0.2, 0.25) is 0 Å². The lowest BCUT2D eigenvalue weighted by atomic mass is 10.2. The number of benzene rings is 1. The van der Waals surface area contributed by atoms with Crippen molar-refractivity contribution in [2.24, 2.45) is 0 Å². The van der Waals surface area contributed by atoms with E-state index in [2.05, 4.69) is 23.2 Å². The van der Waals surface area contributed by atoms with E-state index in [9.17, 15) is 4.79 Å². The number of aromatic nitrogens is 1. The number of nitrogens with one attached hydrogen (secondary N) is 1. The van der Waals surface area contributed by atoms with Crippen LogP contribution in [0.1, 0.15) is 13.3 Å². The zero-order chi connectivity index (χ0) is 13.2. The van der Waals surface area contributed by atoms with E-state index in [4.69, 9.17) is 4.42 Å². The summed E-state index contributed by atoms with van der Waals surface area (Å²) < 4.78 is 7.10. The molecule has 0 amide bonds. The predicted molar refractivity (Wildman–Crippen MR) is 75.8 cm³/mol. The second-order valence-corrected chi connectivity index (χ2v) is 4.88. The minimum Gasteiger partial charge on any atom is -0.408 e. The third-order valence-corrected chi connectivity index (χ3v) is 3.57. The lowest BCUT2D eigenvalue weighted by molar-refractivity contribution is 0.502. The third-order valence-electron chi connectivity index (χ3n) is 3.57. The second kappa shape index (κ2) is 5.09. The minimum atomic E-state index is -0.251. The number of aryl methyl sites for hydroxylation is 1. The molecule has 102 valence electrons. The van der Waals surface area contributed by atoms with Gasteiger partial charge in [-0.1, -0.05) is 13.0 Å². The molecule has 5 heteroatoms. The van der Waals surface area contributed by atoms with E-state index in [0.717, 1.165) is 43.8 Å². The zero-order valence-corrected chi connectivity index (χ0v) is 11.2. The highest BCUT2D eigenvalue weighted by atomic mass is 16.4. The largest absolute Gasteiger partial charge is 0.420 e. The van der Waals surface area contributed by atoms with Crippen LogP contribution in [-0.2, 0) is 6.54 Å². The topological polar surface area (TPSA) is 50.4 Å². The first-order valence-corrected chi connectivity index (χ1v) is 6.89. The molecule has 3 rings (SSSR count). The molecule has 0 atom stereocenters. The molecule has 0 bridgehead atoms. The molecule has 1 aromatic carbocycles. The van der Waals surface area contributed by atoms with E-state index in [1.165, 1.54) is 0 Å². The minimum absolute atomic E-state index is 0.251. The predicted octanol–water partition coefficient (Wildman–Crippen LogP) is 1.41. The van der Waals surface area contributed by atoms with Gasteiger partial charge in [0.25, 0.3) is 0 Å². The maximum absolute atomic E-state index is 11.9. The molecule has 1 aliphatic heterocycles.